The molecule has 1 aromatic heterocycles. The second-order valence-electron chi connectivity index (χ2n) is 3.04. The highest BCUT2D eigenvalue weighted by atomic mass is 16.1. The second kappa shape index (κ2) is 4.54. The number of rotatable bonds is 3. The molecule has 0 saturated carbocycles. The van der Waals surface area contributed by atoms with E-state index < -0.39 is 0 Å². The van der Waals surface area contributed by atoms with Crippen molar-refractivity contribution in [1.82, 2.24) is 15.3 Å². The molecular weight excluding hydrogens is 166 g/mol. The molecule has 4 nitrogen and oxygen atoms in total. The van der Waals surface area contributed by atoms with Crippen LogP contribution in [0, 0.1) is 5.92 Å². The minimum Gasteiger partial charge on any atom is -0.349 e. The zero-order chi connectivity index (χ0) is 9.68. The number of amides is 1. The van der Waals surface area contributed by atoms with Crippen LogP contribution < -0.4 is 5.32 Å². The molecule has 0 spiro atoms. The molecule has 0 bridgehead atoms. The van der Waals surface area contributed by atoms with Crippen molar-refractivity contribution in [3.63, 3.8) is 0 Å². The minimum atomic E-state index is 0.00344. The van der Waals surface area contributed by atoms with E-state index in [2.05, 4.69) is 15.3 Å². The van der Waals surface area contributed by atoms with Crippen molar-refractivity contribution in [2.45, 2.75) is 20.4 Å². The lowest BCUT2D eigenvalue weighted by Gasteiger charge is -2.05. The minimum absolute atomic E-state index is 0.00344. The Bertz CT molecular complexity index is 271. The van der Waals surface area contributed by atoms with Gasteiger partial charge in [-0.15, -0.1) is 0 Å². The predicted octanol–water partition coefficient (Wildman–Crippen LogP) is 0.749. The van der Waals surface area contributed by atoms with E-state index in [0.29, 0.717) is 12.4 Å². The topological polar surface area (TPSA) is 54.9 Å². The van der Waals surface area contributed by atoms with Gasteiger partial charge in [-0.25, -0.2) is 9.97 Å². The van der Waals surface area contributed by atoms with Crippen LogP contribution in [0.2, 0.25) is 0 Å². The third-order valence-electron chi connectivity index (χ3n) is 1.56. The first-order valence-corrected chi connectivity index (χ1v) is 4.23. The van der Waals surface area contributed by atoms with E-state index in [0.717, 1.165) is 0 Å². The maximum absolute atomic E-state index is 11.1. The van der Waals surface area contributed by atoms with Crippen LogP contribution in [-0.2, 0) is 11.3 Å². The van der Waals surface area contributed by atoms with E-state index in [-0.39, 0.29) is 11.8 Å². The van der Waals surface area contributed by atoms with Crippen LogP contribution in [-0.4, -0.2) is 15.9 Å². The largest absolute Gasteiger partial charge is 0.349 e. The molecule has 4 heteroatoms. The summed E-state index contributed by atoms with van der Waals surface area (Å²) >= 11 is 0. The van der Waals surface area contributed by atoms with Crippen LogP contribution in [0.3, 0.4) is 0 Å². The quantitative estimate of drug-likeness (QED) is 0.744. The van der Waals surface area contributed by atoms with Gasteiger partial charge in [0.2, 0.25) is 5.91 Å². The summed E-state index contributed by atoms with van der Waals surface area (Å²) in [5.41, 5.74) is 0. The molecule has 0 fully saturated rings. The summed E-state index contributed by atoms with van der Waals surface area (Å²) in [5, 5.41) is 2.73. The molecule has 0 aliphatic heterocycles. The number of aromatic nitrogens is 2. The van der Waals surface area contributed by atoms with Crippen molar-refractivity contribution in [3.8, 4) is 0 Å². The number of carbonyl (C=O) groups is 1. The number of carbonyl (C=O) groups excluding carboxylic acids is 1. The molecule has 70 valence electrons. The lowest BCUT2D eigenvalue weighted by Crippen LogP contribution is -2.27. The van der Waals surface area contributed by atoms with Crippen molar-refractivity contribution < 1.29 is 4.79 Å². The van der Waals surface area contributed by atoms with Crippen LogP contribution in [0.15, 0.2) is 18.5 Å². The fraction of sp³-hybridized carbons (Fsp3) is 0.444. The van der Waals surface area contributed by atoms with Crippen LogP contribution in [0.1, 0.15) is 19.7 Å². The molecule has 1 aromatic rings. The summed E-state index contributed by atoms with van der Waals surface area (Å²) in [6, 6.07) is 1.74. The molecule has 1 heterocycles. The average Bonchev–Trinajstić information content (AvgIpc) is 2.15. The van der Waals surface area contributed by atoms with Gasteiger partial charge in [0.15, 0.2) is 0 Å². The lowest BCUT2D eigenvalue weighted by atomic mass is 10.2. The molecule has 0 aromatic carbocycles. The maximum Gasteiger partial charge on any atom is 0.222 e. The van der Waals surface area contributed by atoms with E-state index in [4.69, 9.17) is 0 Å². The third-order valence-corrected chi connectivity index (χ3v) is 1.56. The van der Waals surface area contributed by atoms with E-state index in [1.807, 2.05) is 13.8 Å². The molecule has 1 rings (SSSR count). The highest BCUT2D eigenvalue weighted by Gasteiger charge is 2.05. The highest BCUT2D eigenvalue weighted by molar-refractivity contribution is 5.77. The van der Waals surface area contributed by atoms with Gasteiger partial charge in [-0.3, -0.25) is 4.79 Å². The Morgan fingerprint density at radius 2 is 2.08 bits per heavy atom. The van der Waals surface area contributed by atoms with Gasteiger partial charge in [0, 0.05) is 18.3 Å². The summed E-state index contributed by atoms with van der Waals surface area (Å²) in [7, 11) is 0. The molecule has 0 aliphatic rings. The molecule has 1 N–H and O–H groups in total. The smallest absolute Gasteiger partial charge is 0.222 e. The molecule has 1 amide bonds. The summed E-state index contributed by atoms with van der Waals surface area (Å²) in [6.07, 6.45) is 3.31. The molecule has 0 unspecified atom stereocenters. The van der Waals surface area contributed by atoms with Gasteiger partial charge in [-0.05, 0) is 6.07 Å². The van der Waals surface area contributed by atoms with Crippen LogP contribution in [0.5, 0.6) is 0 Å². The average molecular weight is 179 g/mol. The Morgan fingerprint density at radius 3 is 2.62 bits per heavy atom. The van der Waals surface area contributed by atoms with Gasteiger partial charge < -0.3 is 5.32 Å². The molecule has 0 aliphatic carbocycles. The van der Waals surface area contributed by atoms with Gasteiger partial charge >= 0.3 is 0 Å². The fourth-order valence-corrected chi connectivity index (χ4v) is 0.792. The van der Waals surface area contributed by atoms with Crippen LogP contribution in [0.4, 0.5) is 0 Å². The van der Waals surface area contributed by atoms with E-state index in [1.165, 1.54) is 0 Å². The number of nitrogens with zero attached hydrogens (tertiary/aromatic N) is 2. The van der Waals surface area contributed by atoms with Crippen molar-refractivity contribution >= 4 is 5.91 Å². The monoisotopic (exact) mass is 179 g/mol. The number of hydrogen-bond donors (Lipinski definition) is 1. The summed E-state index contributed by atoms with van der Waals surface area (Å²) in [6.45, 7) is 4.10. The Balaban J connectivity index is 2.40. The molecular formula is C9H13N3O. The third kappa shape index (κ3) is 3.19. The van der Waals surface area contributed by atoms with Crippen LogP contribution in [0.25, 0.3) is 0 Å². The van der Waals surface area contributed by atoms with Crippen molar-refractivity contribution in [2.24, 2.45) is 5.92 Å². The molecule has 0 radical (unpaired) electrons. The Hall–Kier alpha value is -1.45. The number of hydrogen-bond acceptors (Lipinski definition) is 3. The van der Waals surface area contributed by atoms with Crippen LogP contribution >= 0.6 is 0 Å². The Labute approximate surface area is 77.4 Å². The first-order valence-electron chi connectivity index (χ1n) is 4.23. The van der Waals surface area contributed by atoms with Gasteiger partial charge in [0.25, 0.3) is 0 Å². The van der Waals surface area contributed by atoms with Gasteiger partial charge in [0.05, 0.1) is 6.54 Å². The zero-order valence-corrected chi connectivity index (χ0v) is 7.82. The lowest BCUT2D eigenvalue weighted by molar-refractivity contribution is -0.124. The van der Waals surface area contributed by atoms with Gasteiger partial charge in [-0.1, -0.05) is 13.8 Å². The van der Waals surface area contributed by atoms with E-state index >= 15 is 0 Å². The van der Waals surface area contributed by atoms with E-state index in [9.17, 15) is 4.79 Å². The first kappa shape index (κ1) is 9.64. The molecule has 0 saturated heterocycles. The SMILES string of the molecule is CC(C)C(=O)NCc1ncccn1. The standard InChI is InChI=1S/C9H13N3O/c1-7(2)9(13)12-6-8-10-4-3-5-11-8/h3-5,7H,6H2,1-2H3,(H,12,13). The van der Waals surface area contributed by atoms with Crippen molar-refractivity contribution in [3.05, 3.63) is 24.3 Å². The summed E-state index contributed by atoms with van der Waals surface area (Å²) in [4.78, 5) is 19.1. The van der Waals surface area contributed by atoms with Gasteiger partial charge in [-0.2, -0.15) is 0 Å². The van der Waals surface area contributed by atoms with E-state index in [1.54, 1.807) is 18.5 Å². The normalized spacial score (nSPS) is 10.1. The summed E-state index contributed by atoms with van der Waals surface area (Å²) < 4.78 is 0. The zero-order valence-electron chi connectivity index (χ0n) is 7.82. The Kier molecular flexibility index (Phi) is 3.37. The Morgan fingerprint density at radius 1 is 1.46 bits per heavy atom. The highest BCUT2D eigenvalue weighted by Crippen LogP contribution is 1.92. The van der Waals surface area contributed by atoms with Crippen molar-refractivity contribution in [1.29, 1.82) is 0 Å². The van der Waals surface area contributed by atoms with Crippen molar-refractivity contribution in [2.75, 3.05) is 0 Å². The molecule has 13 heavy (non-hydrogen) atoms. The fourth-order valence-electron chi connectivity index (χ4n) is 0.792. The predicted molar refractivity (Wildman–Crippen MR) is 48.7 cm³/mol. The summed E-state index contributed by atoms with van der Waals surface area (Å²) in [5.74, 6) is 0.660. The maximum atomic E-state index is 11.1. The first-order chi connectivity index (χ1) is 6.20. The second-order valence-corrected chi connectivity index (χ2v) is 3.04. The number of nitrogens with one attached hydrogen (secondary N) is 1. The van der Waals surface area contributed by atoms with Gasteiger partial charge in [0.1, 0.15) is 5.82 Å². The molecule has 0 atom stereocenters.